The molecule has 0 aliphatic carbocycles. The summed E-state index contributed by atoms with van der Waals surface area (Å²) in [5.74, 6) is -0.276. The molecule has 1 aromatic carbocycles. The number of nitrogens with zero attached hydrogens (tertiary/aromatic N) is 1. The van der Waals surface area contributed by atoms with Gasteiger partial charge < -0.3 is 24.4 Å². The van der Waals surface area contributed by atoms with Crippen molar-refractivity contribution in [2.75, 3.05) is 30.7 Å². The van der Waals surface area contributed by atoms with Gasteiger partial charge in [0.25, 0.3) is 0 Å². The topological polar surface area (TPSA) is 94.2 Å². The molecule has 1 N–H and O–H groups in total. The van der Waals surface area contributed by atoms with Gasteiger partial charge in [-0.15, -0.1) is 11.3 Å². The summed E-state index contributed by atoms with van der Waals surface area (Å²) in [7, 11) is 1.28. The summed E-state index contributed by atoms with van der Waals surface area (Å²) in [4.78, 5) is 38.6. The van der Waals surface area contributed by atoms with Gasteiger partial charge in [0.1, 0.15) is 4.88 Å². The number of anilines is 2. The lowest BCUT2D eigenvalue weighted by Gasteiger charge is -2.17. The first kappa shape index (κ1) is 17.3. The van der Waals surface area contributed by atoms with Gasteiger partial charge in [0.05, 0.1) is 18.7 Å². The normalized spacial score (nSPS) is 17.9. The van der Waals surface area contributed by atoms with Crippen LogP contribution < -0.4 is 19.7 Å². The van der Waals surface area contributed by atoms with Crippen molar-refractivity contribution in [3.63, 3.8) is 0 Å². The minimum absolute atomic E-state index is 0.0952. The van der Waals surface area contributed by atoms with Crippen LogP contribution >= 0.6 is 11.3 Å². The van der Waals surface area contributed by atoms with E-state index in [0.29, 0.717) is 27.8 Å². The van der Waals surface area contributed by atoms with Crippen LogP contribution in [0.5, 0.6) is 11.5 Å². The number of fused-ring (bicyclic) bond motifs is 1. The minimum atomic E-state index is -0.520. The molecule has 4 rings (SSSR count). The number of thiophene rings is 1. The Labute approximate surface area is 158 Å². The van der Waals surface area contributed by atoms with Gasteiger partial charge in [-0.1, -0.05) is 0 Å². The zero-order valence-electron chi connectivity index (χ0n) is 14.4. The van der Waals surface area contributed by atoms with Crippen molar-refractivity contribution < 1.29 is 28.6 Å². The Balaban J connectivity index is 1.47. The number of esters is 1. The lowest BCUT2D eigenvalue weighted by Crippen LogP contribution is -2.28. The van der Waals surface area contributed by atoms with E-state index in [-0.39, 0.29) is 31.6 Å². The van der Waals surface area contributed by atoms with Crippen LogP contribution in [0.2, 0.25) is 0 Å². The molecule has 1 aromatic heterocycles. The van der Waals surface area contributed by atoms with Crippen LogP contribution in [0.4, 0.5) is 11.4 Å². The van der Waals surface area contributed by atoms with Crippen molar-refractivity contribution in [3.8, 4) is 11.5 Å². The summed E-state index contributed by atoms with van der Waals surface area (Å²) >= 11 is 1.18. The van der Waals surface area contributed by atoms with Gasteiger partial charge in [-0.3, -0.25) is 9.59 Å². The van der Waals surface area contributed by atoms with Gasteiger partial charge in [-0.2, -0.15) is 0 Å². The number of rotatable bonds is 4. The third-order valence-electron chi connectivity index (χ3n) is 4.46. The fraction of sp³-hybridized carbons (Fsp3) is 0.278. The Morgan fingerprint density at radius 3 is 2.89 bits per heavy atom. The number of amides is 2. The van der Waals surface area contributed by atoms with Crippen molar-refractivity contribution in [2.24, 2.45) is 5.92 Å². The van der Waals surface area contributed by atoms with E-state index < -0.39 is 11.9 Å². The molecule has 2 aliphatic heterocycles. The van der Waals surface area contributed by atoms with Crippen molar-refractivity contribution >= 4 is 40.5 Å². The number of benzene rings is 1. The quantitative estimate of drug-likeness (QED) is 0.808. The zero-order chi connectivity index (χ0) is 19.0. The maximum atomic E-state index is 12.6. The van der Waals surface area contributed by atoms with E-state index in [9.17, 15) is 14.4 Å². The van der Waals surface area contributed by atoms with Crippen molar-refractivity contribution in [1.29, 1.82) is 0 Å². The summed E-state index contributed by atoms with van der Waals surface area (Å²) in [6.45, 7) is 0.406. The molecule has 2 amide bonds. The van der Waals surface area contributed by atoms with Crippen LogP contribution in [0.3, 0.4) is 0 Å². The Bertz CT molecular complexity index is 924. The van der Waals surface area contributed by atoms with Crippen molar-refractivity contribution in [3.05, 3.63) is 34.5 Å². The monoisotopic (exact) mass is 388 g/mol. The number of carbonyl (C=O) groups excluding carboxylic acids is 3. The summed E-state index contributed by atoms with van der Waals surface area (Å²) in [5.41, 5.74) is 1.05. The lowest BCUT2D eigenvalue weighted by atomic mass is 10.1. The second kappa shape index (κ2) is 6.92. The molecule has 140 valence electrons. The van der Waals surface area contributed by atoms with E-state index in [2.05, 4.69) is 5.32 Å². The molecular weight excluding hydrogens is 372 g/mol. The highest BCUT2D eigenvalue weighted by molar-refractivity contribution is 7.12. The average molecular weight is 388 g/mol. The molecule has 9 heteroatoms. The molecule has 3 heterocycles. The van der Waals surface area contributed by atoms with Crippen LogP contribution in [0, 0.1) is 5.92 Å². The van der Waals surface area contributed by atoms with Crippen LogP contribution in [0.15, 0.2) is 29.6 Å². The molecule has 1 saturated heterocycles. The largest absolute Gasteiger partial charge is 0.465 e. The molecule has 8 nitrogen and oxygen atoms in total. The Kier molecular flexibility index (Phi) is 4.44. The minimum Gasteiger partial charge on any atom is -0.465 e. The molecular formula is C18H16N2O6S. The van der Waals surface area contributed by atoms with Crippen LogP contribution in [0.1, 0.15) is 16.1 Å². The van der Waals surface area contributed by atoms with Gasteiger partial charge in [0.2, 0.25) is 18.6 Å². The van der Waals surface area contributed by atoms with E-state index >= 15 is 0 Å². The Morgan fingerprint density at radius 1 is 1.26 bits per heavy atom. The van der Waals surface area contributed by atoms with Gasteiger partial charge in [0, 0.05) is 24.7 Å². The first-order valence-corrected chi connectivity index (χ1v) is 9.11. The second-order valence-electron chi connectivity index (χ2n) is 6.09. The molecule has 0 radical (unpaired) electrons. The van der Waals surface area contributed by atoms with E-state index in [1.165, 1.54) is 18.4 Å². The average Bonchev–Trinajstić information content (AvgIpc) is 3.39. The Morgan fingerprint density at radius 2 is 2.07 bits per heavy atom. The van der Waals surface area contributed by atoms with Gasteiger partial charge >= 0.3 is 5.97 Å². The number of carbonyl (C=O) groups is 3. The standard InChI is InChI=1S/C18H16N2O6S/c1-24-18(23)16-12(4-5-27-16)19-17(22)10-6-15(21)20(8-10)11-2-3-13-14(7-11)26-9-25-13/h2-5,7,10H,6,8-9H2,1H3,(H,19,22). The molecule has 1 atom stereocenters. The fourth-order valence-corrected chi connectivity index (χ4v) is 3.84. The van der Waals surface area contributed by atoms with E-state index in [4.69, 9.17) is 14.2 Å². The van der Waals surface area contributed by atoms with Gasteiger partial charge in [0.15, 0.2) is 11.5 Å². The number of methoxy groups -OCH3 is 1. The predicted octanol–water partition coefficient (Wildman–Crippen LogP) is 2.25. The molecule has 0 saturated carbocycles. The summed E-state index contributed by atoms with van der Waals surface area (Å²) in [6.07, 6.45) is 0.0952. The molecule has 1 unspecified atom stereocenters. The summed E-state index contributed by atoms with van der Waals surface area (Å²) < 4.78 is 15.3. The van der Waals surface area contributed by atoms with Gasteiger partial charge in [-0.25, -0.2) is 4.79 Å². The molecule has 2 aromatic rings. The number of ether oxygens (including phenoxy) is 3. The SMILES string of the molecule is COC(=O)c1sccc1NC(=O)C1CC(=O)N(c2ccc3c(c2)OCO3)C1. The maximum absolute atomic E-state index is 12.6. The number of hydrogen-bond acceptors (Lipinski definition) is 7. The second-order valence-corrected chi connectivity index (χ2v) is 7.00. The third kappa shape index (κ3) is 3.21. The van der Waals surface area contributed by atoms with Crippen LogP contribution in [-0.4, -0.2) is 38.2 Å². The smallest absolute Gasteiger partial charge is 0.350 e. The first-order chi connectivity index (χ1) is 13.1. The predicted molar refractivity (Wildman–Crippen MR) is 97.3 cm³/mol. The number of hydrogen-bond donors (Lipinski definition) is 1. The third-order valence-corrected chi connectivity index (χ3v) is 5.35. The van der Waals surface area contributed by atoms with E-state index in [0.717, 1.165) is 0 Å². The van der Waals surface area contributed by atoms with Crippen molar-refractivity contribution in [2.45, 2.75) is 6.42 Å². The molecule has 1 fully saturated rings. The molecule has 2 aliphatic rings. The summed E-state index contributed by atoms with van der Waals surface area (Å²) in [5, 5.41) is 4.42. The highest BCUT2D eigenvalue weighted by atomic mass is 32.1. The highest BCUT2D eigenvalue weighted by Gasteiger charge is 2.36. The summed E-state index contributed by atoms with van der Waals surface area (Å²) in [6, 6.07) is 6.88. The van der Waals surface area contributed by atoms with Crippen molar-refractivity contribution in [1.82, 2.24) is 0 Å². The maximum Gasteiger partial charge on any atom is 0.350 e. The lowest BCUT2D eigenvalue weighted by molar-refractivity contribution is -0.122. The van der Waals surface area contributed by atoms with Gasteiger partial charge in [-0.05, 0) is 23.6 Å². The molecule has 27 heavy (non-hydrogen) atoms. The van der Waals surface area contributed by atoms with Crippen LogP contribution in [0.25, 0.3) is 0 Å². The zero-order valence-corrected chi connectivity index (χ0v) is 15.2. The van der Waals surface area contributed by atoms with E-state index in [1.807, 2.05) is 0 Å². The van der Waals surface area contributed by atoms with E-state index in [1.54, 1.807) is 34.5 Å². The Hall–Kier alpha value is -3.07. The fourth-order valence-electron chi connectivity index (χ4n) is 3.08. The molecule has 0 spiro atoms. The highest BCUT2D eigenvalue weighted by Crippen LogP contribution is 2.37. The number of nitrogens with one attached hydrogen (secondary N) is 1. The molecule has 0 bridgehead atoms. The van der Waals surface area contributed by atoms with Crippen LogP contribution in [-0.2, 0) is 14.3 Å². The first-order valence-electron chi connectivity index (χ1n) is 8.23.